The van der Waals surface area contributed by atoms with E-state index in [-0.39, 0.29) is 0 Å². The highest BCUT2D eigenvalue weighted by Gasteiger charge is 2.24. The van der Waals surface area contributed by atoms with Crippen LogP contribution in [-0.2, 0) is 6.42 Å². The number of benzene rings is 1. The van der Waals surface area contributed by atoms with Crippen LogP contribution in [0.3, 0.4) is 0 Å². The Hall–Kier alpha value is -2.07. The van der Waals surface area contributed by atoms with Crippen molar-refractivity contribution < 1.29 is 0 Å². The Morgan fingerprint density at radius 2 is 2.10 bits per heavy atom. The third-order valence-electron chi connectivity index (χ3n) is 4.14. The number of nitrogens with zero attached hydrogens (tertiary/aromatic N) is 2. The molecule has 3 aromatic rings. The lowest BCUT2D eigenvalue weighted by Gasteiger charge is -2.08. The van der Waals surface area contributed by atoms with E-state index in [4.69, 9.17) is 5.10 Å². The van der Waals surface area contributed by atoms with Gasteiger partial charge in [-0.15, -0.1) is 11.3 Å². The zero-order chi connectivity index (χ0) is 14.4. The van der Waals surface area contributed by atoms with E-state index in [2.05, 4.69) is 59.6 Å². The molecule has 0 amide bonds. The van der Waals surface area contributed by atoms with Crippen LogP contribution >= 0.6 is 11.3 Å². The molecule has 2 aromatic heterocycles. The van der Waals surface area contributed by atoms with Crippen LogP contribution in [0.5, 0.6) is 0 Å². The maximum Gasteiger partial charge on any atom is 0.133 e. The van der Waals surface area contributed by atoms with E-state index in [1.807, 2.05) is 0 Å². The molecule has 4 heteroatoms. The zero-order valence-corrected chi connectivity index (χ0v) is 13.0. The van der Waals surface area contributed by atoms with Gasteiger partial charge in [-0.25, -0.2) is 4.68 Å². The third-order valence-corrected chi connectivity index (χ3v) is 5.02. The summed E-state index contributed by atoms with van der Waals surface area (Å²) in [6.07, 6.45) is 1.05. The first-order chi connectivity index (χ1) is 10.2. The SMILES string of the molecule is Cc1ccc(-n2nc(-c3cccs3)c3c2NCC3)cc1C. The Morgan fingerprint density at radius 3 is 2.86 bits per heavy atom. The number of fused-ring (bicyclic) bond motifs is 1. The largest absolute Gasteiger partial charge is 0.369 e. The molecule has 1 aliphatic heterocycles. The van der Waals surface area contributed by atoms with E-state index >= 15 is 0 Å². The predicted octanol–water partition coefficient (Wildman–Crippen LogP) is 4.19. The fourth-order valence-electron chi connectivity index (χ4n) is 2.83. The molecule has 1 aromatic carbocycles. The molecule has 0 saturated heterocycles. The second kappa shape index (κ2) is 4.74. The number of hydrogen-bond acceptors (Lipinski definition) is 3. The van der Waals surface area contributed by atoms with Crippen LogP contribution in [0.25, 0.3) is 16.3 Å². The zero-order valence-electron chi connectivity index (χ0n) is 12.2. The Kier molecular flexibility index (Phi) is 2.86. The van der Waals surface area contributed by atoms with Gasteiger partial charge in [-0.3, -0.25) is 0 Å². The molecule has 4 rings (SSSR count). The van der Waals surface area contributed by atoms with Crippen molar-refractivity contribution in [1.82, 2.24) is 9.78 Å². The maximum atomic E-state index is 4.88. The van der Waals surface area contributed by atoms with Gasteiger partial charge in [0.2, 0.25) is 0 Å². The topological polar surface area (TPSA) is 29.9 Å². The van der Waals surface area contributed by atoms with E-state index in [1.165, 1.54) is 21.6 Å². The first-order valence-corrected chi connectivity index (χ1v) is 8.09. The van der Waals surface area contributed by atoms with Crippen LogP contribution in [-0.4, -0.2) is 16.3 Å². The van der Waals surface area contributed by atoms with E-state index in [0.717, 1.165) is 30.2 Å². The normalized spacial score (nSPS) is 13.2. The molecule has 106 valence electrons. The van der Waals surface area contributed by atoms with E-state index in [0.29, 0.717) is 0 Å². The lowest BCUT2D eigenvalue weighted by atomic mass is 10.1. The smallest absolute Gasteiger partial charge is 0.133 e. The Balaban J connectivity index is 1.90. The Bertz CT molecular complexity index is 800. The molecule has 1 N–H and O–H groups in total. The predicted molar refractivity (Wildman–Crippen MR) is 88.5 cm³/mol. The summed E-state index contributed by atoms with van der Waals surface area (Å²) in [5.74, 6) is 1.15. The van der Waals surface area contributed by atoms with Gasteiger partial charge in [-0.1, -0.05) is 12.1 Å². The van der Waals surface area contributed by atoms with Crippen LogP contribution in [0.15, 0.2) is 35.7 Å². The molecular weight excluding hydrogens is 278 g/mol. The van der Waals surface area contributed by atoms with Crippen molar-refractivity contribution in [3.63, 3.8) is 0 Å². The fourth-order valence-corrected chi connectivity index (χ4v) is 3.57. The summed E-state index contributed by atoms with van der Waals surface area (Å²) in [6.45, 7) is 5.29. The van der Waals surface area contributed by atoms with Crippen molar-refractivity contribution in [2.75, 3.05) is 11.9 Å². The first kappa shape index (κ1) is 12.7. The van der Waals surface area contributed by atoms with Crippen LogP contribution in [0.1, 0.15) is 16.7 Å². The lowest BCUT2D eigenvalue weighted by Crippen LogP contribution is -2.04. The van der Waals surface area contributed by atoms with Gasteiger partial charge in [-0.2, -0.15) is 5.10 Å². The van der Waals surface area contributed by atoms with Gasteiger partial charge in [0, 0.05) is 12.1 Å². The second-order valence-electron chi connectivity index (χ2n) is 5.51. The van der Waals surface area contributed by atoms with Crippen LogP contribution in [0.4, 0.5) is 5.82 Å². The van der Waals surface area contributed by atoms with Crippen molar-refractivity contribution in [2.24, 2.45) is 0 Å². The molecule has 0 bridgehead atoms. The molecule has 0 fully saturated rings. The standard InChI is InChI=1S/C17H17N3S/c1-11-5-6-13(10-12(11)2)20-17-14(7-8-18-17)16(19-20)15-4-3-9-21-15/h3-6,9-10,18H,7-8H2,1-2H3. The minimum atomic E-state index is 0.996. The number of hydrogen-bond donors (Lipinski definition) is 1. The average Bonchev–Trinajstić information content (AvgIpc) is 3.17. The van der Waals surface area contributed by atoms with Gasteiger partial charge in [0.05, 0.1) is 10.6 Å². The molecule has 0 spiro atoms. The van der Waals surface area contributed by atoms with Crippen molar-refractivity contribution in [3.8, 4) is 16.3 Å². The minimum Gasteiger partial charge on any atom is -0.369 e. The minimum absolute atomic E-state index is 0.996. The highest BCUT2D eigenvalue weighted by Crippen LogP contribution is 2.36. The molecule has 0 radical (unpaired) electrons. The van der Waals surface area contributed by atoms with Gasteiger partial charge in [0.15, 0.2) is 0 Å². The number of aromatic nitrogens is 2. The quantitative estimate of drug-likeness (QED) is 0.768. The first-order valence-electron chi connectivity index (χ1n) is 7.21. The van der Waals surface area contributed by atoms with Gasteiger partial charge in [-0.05, 0) is 55.0 Å². The molecule has 0 atom stereocenters. The van der Waals surface area contributed by atoms with Crippen molar-refractivity contribution >= 4 is 17.2 Å². The Morgan fingerprint density at radius 1 is 1.19 bits per heavy atom. The molecule has 3 heterocycles. The molecule has 3 nitrogen and oxygen atoms in total. The maximum absolute atomic E-state index is 4.88. The number of nitrogens with one attached hydrogen (secondary N) is 1. The van der Waals surface area contributed by atoms with E-state index < -0.39 is 0 Å². The number of aryl methyl sites for hydroxylation is 2. The summed E-state index contributed by atoms with van der Waals surface area (Å²) in [5, 5.41) is 10.5. The highest BCUT2D eigenvalue weighted by molar-refractivity contribution is 7.13. The van der Waals surface area contributed by atoms with E-state index in [1.54, 1.807) is 11.3 Å². The van der Waals surface area contributed by atoms with Crippen LogP contribution in [0.2, 0.25) is 0 Å². The van der Waals surface area contributed by atoms with Crippen molar-refractivity contribution in [1.29, 1.82) is 0 Å². The third kappa shape index (κ3) is 1.98. The molecule has 0 saturated carbocycles. The summed E-state index contributed by atoms with van der Waals surface area (Å²) in [7, 11) is 0. The second-order valence-corrected chi connectivity index (χ2v) is 6.46. The molecule has 0 unspecified atom stereocenters. The number of anilines is 1. The summed E-state index contributed by atoms with van der Waals surface area (Å²) < 4.78 is 2.06. The molecule has 1 aliphatic rings. The fraction of sp³-hybridized carbons (Fsp3) is 0.235. The van der Waals surface area contributed by atoms with Crippen LogP contribution in [0, 0.1) is 13.8 Å². The van der Waals surface area contributed by atoms with Gasteiger partial charge in [0.1, 0.15) is 11.5 Å². The van der Waals surface area contributed by atoms with Gasteiger partial charge in [0.25, 0.3) is 0 Å². The number of rotatable bonds is 2. The van der Waals surface area contributed by atoms with Gasteiger partial charge >= 0.3 is 0 Å². The van der Waals surface area contributed by atoms with Crippen molar-refractivity contribution in [3.05, 3.63) is 52.4 Å². The molecule has 21 heavy (non-hydrogen) atoms. The van der Waals surface area contributed by atoms with Gasteiger partial charge < -0.3 is 5.32 Å². The summed E-state index contributed by atoms with van der Waals surface area (Å²) >= 11 is 1.75. The number of thiophene rings is 1. The van der Waals surface area contributed by atoms with Crippen LogP contribution < -0.4 is 5.32 Å². The van der Waals surface area contributed by atoms with E-state index in [9.17, 15) is 0 Å². The molecule has 0 aliphatic carbocycles. The summed E-state index contributed by atoms with van der Waals surface area (Å²) in [4.78, 5) is 1.25. The average molecular weight is 295 g/mol. The van der Waals surface area contributed by atoms with Crippen molar-refractivity contribution in [2.45, 2.75) is 20.3 Å². The Labute approximate surface area is 128 Å². The lowest BCUT2D eigenvalue weighted by molar-refractivity contribution is 0.881. The molecular formula is C17H17N3S. The summed E-state index contributed by atoms with van der Waals surface area (Å²) in [5.41, 5.74) is 6.21. The summed E-state index contributed by atoms with van der Waals surface area (Å²) in [6, 6.07) is 10.8. The monoisotopic (exact) mass is 295 g/mol. The highest BCUT2D eigenvalue weighted by atomic mass is 32.1.